The van der Waals surface area contributed by atoms with Gasteiger partial charge in [-0.15, -0.1) is 0 Å². The molecule has 0 spiro atoms. The lowest BCUT2D eigenvalue weighted by Crippen LogP contribution is -2.32. The van der Waals surface area contributed by atoms with Crippen molar-refractivity contribution in [2.45, 2.75) is 39.7 Å². The molecule has 0 amide bonds. The van der Waals surface area contributed by atoms with E-state index in [-0.39, 0.29) is 0 Å². The quantitative estimate of drug-likeness (QED) is 0.566. The first-order valence-corrected chi connectivity index (χ1v) is 4.79. The second-order valence-electron chi connectivity index (χ2n) is 5.15. The maximum absolute atomic E-state index is 6.02. The Morgan fingerprint density at radius 2 is 1.73 bits per heavy atom. The summed E-state index contributed by atoms with van der Waals surface area (Å²) < 4.78 is 0. The summed E-state index contributed by atoms with van der Waals surface area (Å²) in [5.41, 5.74) is 6.64. The van der Waals surface area contributed by atoms with Crippen molar-refractivity contribution in [2.75, 3.05) is 0 Å². The SMILES string of the molecule is C[C@@H]1C[C@@H]2[C@@H](C[C@@H]1N)C2(C)C. The van der Waals surface area contributed by atoms with E-state index in [9.17, 15) is 0 Å². The zero-order chi connectivity index (χ0) is 8.22. The van der Waals surface area contributed by atoms with Crippen LogP contribution in [0.4, 0.5) is 0 Å². The normalized spacial score (nSPS) is 53.5. The molecule has 0 aromatic carbocycles. The Morgan fingerprint density at radius 3 is 2.27 bits per heavy atom. The van der Waals surface area contributed by atoms with Crippen molar-refractivity contribution in [2.24, 2.45) is 28.9 Å². The van der Waals surface area contributed by atoms with Crippen LogP contribution in [0.15, 0.2) is 0 Å². The highest BCUT2D eigenvalue weighted by Crippen LogP contribution is 2.65. The summed E-state index contributed by atoms with van der Waals surface area (Å²) in [5.74, 6) is 2.71. The molecule has 11 heavy (non-hydrogen) atoms. The van der Waals surface area contributed by atoms with Gasteiger partial charge in [0.15, 0.2) is 0 Å². The molecule has 0 saturated heterocycles. The largest absolute Gasteiger partial charge is 0.327 e. The molecule has 2 N–H and O–H groups in total. The second kappa shape index (κ2) is 2.01. The van der Waals surface area contributed by atoms with Crippen LogP contribution in [0.25, 0.3) is 0 Å². The molecule has 0 radical (unpaired) electrons. The van der Waals surface area contributed by atoms with Gasteiger partial charge in [-0.2, -0.15) is 0 Å². The van der Waals surface area contributed by atoms with Crippen LogP contribution < -0.4 is 5.73 Å². The first-order chi connectivity index (χ1) is 5.03. The van der Waals surface area contributed by atoms with Gasteiger partial charge in [0.05, 0.1) is 0 Å². The Kier molecular flexibility index (Phi) is 1.39. The average Bonchev–Trinajstić information content (AvgIpc) is 2.39. The zero-order valence-electron chi connectivity index (χ0n) is 7.80. The van der Waals surface area contributed by atoms with Crippen LogP contribution in [-0.2, 0) is 0 Å². The topological polar surface area (TPSA) is 26.0 Å². The number of hydrogen-bond donors (Lipinski definition) is 1. The second-order valence-corrected chi connectivity index (χ2v) is 5.15. The van der Waals surface area contributed by atoms with E-state index in [1.807, 2.05) is 0 Å². The van der Waals surface area contributed by atoms with Crippen LogP contribution in [-0.4, -0.2) is 6.04 Å². The molecule has 2 saturated carbocycles. The van der Waals surface area contributed by atoms with Crippen molar-refractivity contribution in [1.82, 2.24) is 0 Å². The number of fused-ring (bicyclic) bond motifs is 1. The fourth-order valence-electron chi connectivity index (χ4n) is 2.89. The summed E-state index contributed by atoms with van der Waals surface area (Å²) in [4.78, 5) is 0. The van der Waals surface area contributed by atoms with Crippen LogP contribution in [0, 0.1) is 23.2 Å². The molecule has 2 fully saturated rings. The molecule has 1 nitrogen and oxygen atoms in total. The third-order valence-corrected chi connectivity index (χ3v) is 4.17. The van der Waals surface area contributed by atoms with E-state index in [0.717, 1.165) is 17.8 Å². The maximum Gasteiger partial charge on any atom is 0.00675 e. The predicted molar refractivity (Wildman–Crippen MR) is 47.1 cm³/mol. The van der Waals surface area contributed by atoms with Gasteiger partial charge in [-0.05, 0) is 36.0 Å². The van der Waals surface area contributed by atoms with Crippen LogP contribution in [0.2, 0.25) is 0 Å². The minimum absolute atomic E-state index is 0.484. The van der Waals surface area contributed by atoms with E-state index in [4.69, 9.17) is 5.73 Å². The lowest BCUT2D eigenvalue weighted by Gasteiger charge is -2.23. The molecule has 0 bridgehead atoms. The molecule has 0 aromatic rings. The highest BCUT2D eigenvalue weighted by atomic mass is 14.7. The van der Waals surface area contributed by atoms with Crippen molar-refractivity contribution in [3.8, 4) is 0 Å². The molecule has 4 atom stereocenters. The van der Waals surface area contributed by atoms with Crippen LogP contribution >= 0.6 is 0 Å². The smallest absolute Gasteiger partial charge is 0.00675 e. The van der Waals surface area contributed by atoms with E-state index in [1.165, 1.54) is 12.8 Å². The third-order valence-electron chi connectivity index (χ3n) is 4.17. The molecule has 0 aromatic heterocycles. The molecule has 2 aliphatic rings. The van der Waals surface area contributed by atoms with Gasteiger partial charge < -0.3 is 5.73 Å². The van der Waals surface area contributed by atoms with Crippen molar-refractivity contribution < 1.29 is 0 Å². The van der Waals surface area contributed by atoms with E-state index in [2.05, 4.69) is 20.8 Å². The first-order valence-electron chi connectivity index (χ1n) is 4.79. The molecule has 0 heterocycles. The lowest BCUT2D eigenvalue weighted by molar-refractivity contribution is 0.317. The van der Waals surface area contributed by atoms with Crippen LogP contribution in [0.3, 0.4) is 0 Å². The zero-order valence-corrected chi connectivity index (χ0v) is 7.80. The van der Waals surface area contributed by atoms with Crippen LogP contribution in [0.1, 0.15) is 33.6 Å². The average molecular weight is 153 g/mol. The third kappa shape index (κ3) is 0.936. The van der Waals surface area contributed by atoms with Gasteiger partial charge >= 0.3 is 0 Å². The van der Waals surface area contributed by atoms with Gasteiger partial charge in [-0.1, -0.05) is 20.8 Å². The lowest BCUT2D eigenvalue weighted by atomic mass is 9.87. The molecule has 1 heteroatoms. The summed E-state index contributed by atoms with van der Waals surface area (Å²) in [7, 11) is 0. The van der Waals surface area contributed by atoms with Gasteiger partial charge in [0.2, 0.25) is 0 Å². The van der Waals surface area contributed by atoms with E-state index >= 15 is 0 Å². The van der Waals surface area contributed by atoms with E-state index in [0.29, 0.717) is 11.5 Å². The number of nitrogens with two attached hydrogens (primary N) is 1. The summed E-state index contributed by atoms with van der Waals surface area (Å²) in [5, 5.41) is 0. The van der Waals surface area contributed by atoms with Crippen molar-refractivity contribution in [3.05, 3.63) is 0 Å². The molecule has 64 valence electrons. The summed E-state index contributed by atoms with van der Waals surface area (Å²) in [6.45, 7) is 7.09. The summed E-state index contributed by atoms with van der Waals surface area (Å²) >= 11 is 0. The van der Waals surface area contributed by atoms with Crippen molar-refractivity contribution >= 4 is 0 Å². The summed E-state index contributed by atoms with van der Waals surface area (Å²) in [6, 6.07) is 0.484. The van der Waals surface area contributed by atoms with Gasteiger partial charge in [0.25, 0.3) is 0 Å². The van der Waals surface area contributed by atoms with Gasteiger partial charge in [-0.25, -0.2) is 0 Å². The minimum Gasteiger partial charge on any atom is -0.327 e. The molecule has 2 rings (SSSR count). The van der Waals surface area contributed by atoms with Gasteiger partial charge in [-0.3, -0.25) is 0 Å². The highest BCUT2D eigenvalue weighted by Gasteiger charge is 2.59. The highest BCUT2D eigenvalue weighted by molar-refractivity contribution is 5.09. The maximum atomic E-state index is 6.02. The van der Waals surface area contributed by atoms with Crippen molar-refractivity contribution in [1.29, 1.82) is 0 Å². The standard InChI is InChI=1S/C10H19N/c1-6-4-7-8(5-9(6)11)10(7,2)3/h6-9H,4-5,11H2,1-3H3/t6-,7-,8-,9+/m1/s1. The number of hydrogen-bond acceptors (Lipinski definition) is 1. The van der Waals surface area contributed by atoms with E-state index in [1.54, 1.807) is 0 Å². The molecule has 0 aliphatic heterocycles. The fourth-order valence-corrected chi connectivity index (χ4v) is 2.89. The Labute approximate surface area is 69.4 Å². The molecular weight excluding hydrogens is 134 g/mol. The monoisotopic (exact) mass is 153 g/mol. The fraction of sp³-hybridized carbons (Fsp3) is 1.00. The van der Waals surface area contributed by atoms with Crippen molar-refractivity contribution in [3.63, 3.8) is 0 Å². The molecule has 0 unspecified atom stereocenters. The predicted octanol–water partition coefficient (Wildman–Crippen LogP) is 2.02. The van der Waals surface area contributed by atoms with E-state index < -0.39 is 0 Å². The Bertz CT molecular complexity index is 156. The summed E-state index contributed by atoms with van der Waals surface area (Å²) in [6.07, 6.45) is 2.65. The van der Waals surface area contributed by atoms with Crippen LogP contribution in [0.5, 0.6) is 0 Å². The first kappa shape index (κ1) is 7.60. The Morgan fingerprint density at radius 1 is 1.18 bits per heavy atom. The molecular formula is C10H19N. The minimum atomic E-state index is 0.484. The Balaban J connectivity index is 2.07. The molecule has 2 aliphatic carbocycles. The van der Waals surface area contributed by atoms with Gasteiger partial charge in [0, 0.05) is 6.04 Å². The van der Waals surface area contributed by atoms with Gasteiger partial charge in [0.1, 0.15) is 0 Å². The Hall–Kier alpha value is -0.0400. The number of rotatable bonds is 0.